The van der Waals surface area contributed by atoms with Gasteiger partial charge < -0.3 is 4.74 Å². The third-order valence-corrected chi connectivity index (χ3v) is 5.02. The van der Waals surface area contributed by atoms with Crippen LogP contribution in [0, 0.1) is 5.82 Å². The van der Waals surface area contributed by atoms with Crippen LogP contribution in [0.1, 0.15) is 25.0 Å². The van der Waals surface area contributed by atoms with Gasteiger partial charge in [0.05, 0.1) is 17.7 Å². The van der Waals surface area contributed by atoms with Crippen LogP contribution in [0.25, 0.3) is 0 Å². The van der Waals surface area contributed by atoms with E-state index in [1.165, 1.54) is 19.2 Å². The predicted octanol–water partition coefficient (Wildman–Crippen LogP) is 3.76. The van der Waals surface area contributed by atoms with Crippen molar-refractivity contribution in [1.29, 1.82) is 0 Å². The maximum absolute atomic E-state index is 13.5. The van der Waals surface area contributed by atoms with Crippen molar-refractivity contribution >= 4 is 15.7 Å². The molecule has 6 heteroatoms. The number of methoxy groups -OCH3 is 1. The summed E-state index contributed by atoms with van der Waals surface area (Å²) in [6, 6.07) is 9.18. The van der Waals surface area contributed by atoms with Gasteiger partial charge in [0.15, 0.2) is 11.6 Å². The molecule has 0 atom stereocenters. The van der Waals surface area contributed by atoms with E-state index < -0.39 is 15.8 Å². The zero-order valence-electron chi connectivity index (χ0n) is 13.4. The summed E-state index contributed by atoms with van der Waals surface area (Å²) in [5.41, 5.74) is 2.43. The van der Waals surface area contributed by atoms with Crippen molar-refractivity contribution in [2.24, 2.45) is 0 Å². The topological polar surface area (TPSA) is 55.4 Å². The van der Waals surface area contributed by atoms with Gasteiger partial charge in [-0.1, -0.05) is 32.0 Å². The van der Waals surface area contributed by atoms with Crippen LogP contribution in [0.2, 0.25) is 0 Å². The fourth-order valence-electron chi connectivity index (χ4n) is 2.37. The second kappa shape index (κ2) is 7.00. The molecule has 1 N–H and O–H groups in total. The van der Waals surface area contributed by atoms with Crippen LogP contribution in [-0.2, 0) is 22.9 Å². The number of nitrogens with one attached hydrogen (secondary N) is 1. The molecule has 0 aliphatic carbocycles. The molecule has 0 aromatic heterocycles. The molecule has 2 aromatic rings. The maximum atomic E-state index is 13.5. The molecule has 4 nitrogen and oxygen atoms in total. The standard InChI is InChI=1S/C17H20FNO3S/c1-4-12-7-6-8-13(5-2)17(12)19-23(20,21)14-9-10-15(18)16(11-14)22-3/h6-11,19H,4-5H2,1-3H3. The van der Waals surface area contributed by atoms with Crippen LogP contribution in [0.5, 0.6) is 5.75 Å². The Labute approximate surface area is 136 Å². The predicted molar refractivity (Wildman–Crippen MR) is 89.0 cm³/mol. The Hall–Kier alpha value is -2.08. The lowest BCUT2D eigenvalue weighted by Crippen LogP contribution is -2.16. The smallest absolute Gasteiger partial charge is 0.262 e. The van der Waals surface area contributed by atoms with Crippen molar-refractivity contribution in [2.45, 2.75) is 31.6 Å². The molecule has 124 valence electrons. The first-order chi connectivity index (χ1) is 10.9. The minimum Gasteiger partial charge on any atom is -0.494 e. The largest absolute Gasteiger partial charge is 0.494 e. The minimum absolute atomic E-state index is 0.0382. The highest BCUT2D eigenvalue weighted by Crippen LogP contribution is 2.27. The highest BCUT2D eigenvalue weighted by Gasteiger charge is 2.19. The highest BCUT2D eigenvalue weighted by molar-refractivity contribution is 7.92. The van der Waals surface area contributed by atoms with Crippen molar-refractivity contribution < 1.29 is 17.5 Å². The van der Waals surface area contributed by atoms with E-state index in [9.17, 15) is 12.8 Å². The van der Waals surface area contributed by atoms with Gasteiger partial charge in [0.1, 0.15) is 0 Å². The van der Waals surface area contributed by atoms with Gasteiger partial charge in [-0.2, -0.15) is 0 Å². The molecule has 0 saturated carbocycles. The Morgan fingerprint density at radius 2 is 1.70 bits per heavy atom. The first-order valence-electron chi connectivity index (χ1n) is 7.40. The third-order valence-electron chi connectivity index (χ3n) is 3.67. The number of rotatable bonds is 6. The summed E-state index contributed by atoms with van der Waals surface area (Å²) < 4.78 is 46.2. The molecule has 0 amide bonds. The van der Waals surface area contributed by atoms with Crippen molar-refractivity contribution in [2.75, 3.05) is 11.8 Å². The fourth-order valence-corrected chi connectivity index (χ4v) is 3.53. The van der Waals surface area contributed by atoms with E-state index in [1.807, 2.05) is 32.0 Å². The van der Waals surface area contributed by atoms with Crippen LogP contribution in [-0.4, -0.2) is 15.5 Å². The molecule has 2 aromatic carbocycles. The van der Waals surface area contributed by atoms with Crippen LogP contribution in [0.4, 0.5) is 10.1 Å². The van der Waals surface area contributed by atoms with Crippen molar-refractivity contribution in [3.8, 4) is 5.75 Å². The van der Waals surface area contributed by atoms with Gasteiger partial charge in [-0.05, 0) is 36.1 Å². The zero-order chi connectivity index (χ0) is 17.0. The van der Waals surface area contributed by atoms with Crippen LogP contribution < -0.4 is 9.46 Å². The number of halogens is 1. The van der Waals surface area contributed by atoms with E-state index in [0.717, 1.165) is 17.2 Å². The lowest BCUT2D eigenvalue weighted by molar-refractivity contribution is 0.385. The van der Waals surface area contributed by atoms with Gasteiger partial charge in [-0.3, -0.25) is 4.72 Å². The summed E-state index contributed by atoms with van der Waals surface area (Å²) in [4.78, 5) is -0.0382. The molecule has 0 aliphatic heterocycles. The summed E-state index contributed by atoms with van der Waals surface area (Å²) in [5, 5.41) is 0. The van der Waals surface area contributed by atoms with Crippen molar-refractivity contribution in [3.63, 3.8) is 0 Å². The molecule has 0 bridgehead atoms. The summed E-state index contributed by atoms with van der Waals surface area (Å²) in [6.45, 7) is 3.93. The molecule has 0 saturated heterocycles. The van der Waals surface area contributed by atoms with Crippen LogP contribution in [0.15, 0.2) is 41.3 Å². The molecule has 0 aliphatic rings. The summed E-state index contributed by atoms with van der Waals surface area (Å²) in [5.74, 6) is -0.706. The third kappa shape index (κ3) is 3.64. The zero-order valence-corrected chi connectivity index (χ0v) is 14.2. The van der Waals surface area contributed by atoms with Crippen LogP contribution in [0.3, 0.4) is 0 Å². The van der Waals surface area contributed by atoms with Crippen molar-refractivity contribution in [3.05, 3.63) is 53.3 Å². The molecule has 0 spiro atoms. The van der Waals surface area contributed by atoms with E-state index in [-0.39, 0.29) is 10.6 Å². The SMILES string of the molecule is CCc1cccc(CC)c1NS(=O)(=O)c1ccc(F)c(OC)c1. The highest BCUT2D eigenvalue weighted by atomic mass is 32.2. The molecule has 0 radical (unpaired) electrons. The number of anilines is 1. The van der Waals surface area contributed by atoms with Gasteiger partial charge in [0, 0.05) is 6.07 Å². The molecular weight excluding hydrogens is 317 g/mol. The van der Waals surface area contributed by atoms with Gasteiger partial charge in [0.25, 0.3) is 10.0 Å². The molecule has 2 rings (SSSR count). The van der Waals surface area contributed by atoms with E-state index >= 15 is 0 Å². The number of aryl methyl sites for hydroxylation is 2. The number of benzene rings is 2. The summed E-state index contributed by atoms with van der Waals surface area (Å²) in [7, 11) is -2.53. The van der Waals surface area contributed by atoms with E-state index in [1.54, 1.807) is 0 Å². The van der Waals surface area contributed by atoms with E-state index in [2.05, 4.69) is 4.72 Å². The number of hydrogen-bond donors (Lipinski definition) is 1. The van der Waals surface area contributed by atoms with Crippen molar-refractivity contribution in [1.82, 2.24) is 0 Å². The summed E-state index contributed by atoms with van der Waals surface area (Å²) >= 11 is 0. The fraction of sp³-hybridized carbons (Fsp3) is 0.294. The van der Waals surface area contributed by atoms with Crippen LogP contribution >= 0.6 is 0 Å². The van der Waals surface area contributed by atoms with E-state index in [4.69, 9.17) is 4.74 Å². The molecule has 0 fully saturated rings. The molecular formula is C17H20FNO3S. The maximum Gasteiger partial charge on any atom is 0.262 e. The van der Waals surface area contributed by atoms with Gasteiger partial charge in [0.2, 0.25) is 0 Å². The quantitative estimate of drug-likeness (QED) is 0.873. The number of sulfonamides is 1. The van der Waals surface area contributed by atoms with Gasteiger partial charge in [-0.15, -0.1) is 0 Å². The Kier molecular flexibility index (Phi) is 5.26. The second-order valence-corrected chi connectivity index (χ2v) is 6.74. The first-order valence-corrected chi connectivity index (χ1v) is 8.88. The number of hydrogen-bond acceptors (Lipinski definition) is 3. The second-order valence-electron chi connectivity index (χ2n) is 5.06. The van der Waals surface area contributed by atoms with E-state index in [0.29, 0.717) is 18.5 Å². The average molecular weight is 337 g/mol. The Morgan fingerprint density at radius 3 is 2.22 bits per heavy atom. The average Bonchev–Trinajstić information content (AvgIpc) is 2.55. The lowest BCUT2D eigenvalue weighted by atomic mass is 10.0. The lowest BCUT2D eigenvalue weighted by Gasteiger charge is -2.16. The molecule has 0 unspecified atom stereocenters. The van der Waals surface area contributed by atoms with Gasteiger partial charge >= 0.3 is 0 Å². The summed E-state index contributed by atoms with van der Waals surface area (Å²) in [6.07, 6.45) is 1.41. The Bertz CT molecular complexity index is 781. The monoisotopic (exact) mass is 337 g/mol. The van der Waals surface area contributed by atoms with Gasteiger partial charge in [-0.25, -0.2) is 12.8 Å². The first kappa shape index (κ1) is 17.3. The number of para-hydroxylation sites is 1. The minimum atomic E-state index is -3.82. The normalized spacial score (nSPS) is 11.3. The Balaban J connectivity index is 2.47. The molecule has 23 heavy (non-hydrogen) atoms. The number of ether oxygens (including phenoxy) is 1. The Morgan fingerprint density at radius 1 is 1.09 bits per heavy atom. The molecule has 0 heterocycles.